The van der Waals surface area contributed by atoms with E-state index in [4.69, 9.17) is 4.74 Å². The second-order valence-electron chi connectivity index (χ2n) is 6.05. The van der Waals surface area contributed by atoms with Crippen molar-refractivity contribution in [2.45, 2.75) is 37.3 Å². The lowest BCUT2D eigenvalue weighted by atomic mass is 10.2. The number of hydrogen-bond donors (Lipinski definition) is 1. The molecule has 1 N–H and O–H groups in total. The average Bonchev–Trinajstić information content (AvgIpc) is 2.79. The number of nitrogens with zero attached hydrogens (tertiary/aromatic N) is 1. The molecule has 0 saturated carbocycles. The van der Waals surface area contributed by atoms with Gasteiger partial charge in [-0.25, -0.2) is 13.1 Å². The molecule has 0 spiro atoms. The highest BCUT2D eigenvalue weighted by Crippen LogP contribution is 2.23. The molecule has 2 aliphatic heterocycles. The third kappa shape index (κ3) is 3.83. The normalized spacial score (nSPS) is 30.2. The summed E-state index contributed by atoms with van der Waals surface area (Å²) in [6.07, 6.45) is 1.07. The number of sulfonamides is 1. The van der Waals surface area contributed by atoms with Crippen molar-refractivity contribution in [3.63, 3.8) is 0 Å². The first-order chi connectivity index (χ1) is 10.0. The van der Waals surface area contributed by atoms with E-state index in [1.54, 1.807) is 0 Å². The molecule has 6 heteroatoms. The van der Waals surface area contributed by atoms with Crippen molar-refractivity contribution < 1.29 is 13.2 Å². The minimum Gasteiger partial charge on any atom is -0.376 e. The van der Waals surface area contributed by atoms with Gasteiger partial charge in [0.2, 0.25) is 10.0 Å². The molecule has 2 fully saturated rings. The van der Waals surface area contributed by atoms with E-state index in [-0.39, 0.29) is 17.9 Å². The van der Waals surface area contributed by atoms with Gasteiger partial charge in [0.05, 0.1) is 18.5 Å². The van der Waals surface area contributed by atoms with Gasteiger partial charge in [-0.2, -0.15) is 0 Å². The zero-order valence-electron chi connectivity index (χ0n) is 12.2. The molecule has 0 unspecified atom stereocenters. The van der Waals surface area contributed by atoms with Gasteiger partial charge in [0.1, 0.15) is 0 Å². The smallest absolute Gasteiger partial charge is 0.216 e. The maximum Gasteiger partial charge on any atom is 0.216 e. The zero-order valence-corrected chi connectivity index (χ0v) is 13.1. The largest absolute Gasteiger partial charge is 0.376 e. The Kier molecular flexibility index (Phi) is 4.31. The van der Waals surface area contributed by atoms with E-state index in [1.807, 2.05) is 30.3 Å². The number of ether oxygens (including phenoxy) is 1. The van der Waals surface area contributed by atoms with Gasteiger partial charge in [-0.15, -0.1) is 0 Å². The Morgan fingerprint density at radius 3 is 2.81 bits per heavy atom. The molecule has 0 amide bonds. The predicted octanol–water partition coefficient (Wildman–Crippen LogP) is 0.968. The predicted molar refractivity (Wildman–Crippen MR) is 81.4 cm³/mol. The fourth-order valence-electron chi connectivity index (χ4n) is 3.21. The van der Waals surface area contributed by atoms with Gasteiger partial charge in [0.25, 0.3) is 0 Å². The molecule has 116 valence electrons. The molecule has 2 heterocycles. The summed E-state index contributed by atoms with van der Waals surface area (Å²) in [5, 5.41) is 0. The fourth-order valence-corrected chi connectivity index (χ4v) is 4.61. The average molecular weight is 310 g/mol. The fraction of sp³-hybridized carbons (Fsp3) is 0.600. The Balaban J connectivity index is 1.59. The molecule has 3 rings (SSSR count). The molecule has 0 aliphatic carbocycles. The van der Waals surface area contributed by atoms with Gasteiger partial charge < -0.3 is 4.74 Å². The second-order valence-corrected chi connectivity index (χ2v) is 7.80. The first kappa shape index (κ1) is 15.0. The summed E-state index contributed by atoms with van der Waals surface area (Å²) in [6.45, 7) is 4.44. The lowest BCUT2D eigenvalue weighted by molar-refractivity contribution is -0.0390. The van der Waals surface area contributed by atoms with Crippen LogP contribution in [0.15, 0.2) is 30.3 Å². The van der Waals surface area contributed by atoms with Crippen LogP contribution >= 0.6 is 0 Å². The summed E-state index contributed by atoms with van der Waals surface area (Å²) >= 11 is 0. The number of rotatable bonds is 4. The molecule has 0 aromatic heterocycles. The van der Waals surface area contributed by atoms with Crippen LogP contribution in [0.1, 0.15) is 18.9 Å². The van der Waals surface area contributed by atoms with E-state index in [2.05, 4.69) is 16.5 Å². The molecule has 21 heavy (non-hydrogen) atoms. The molecular weight excluding hydrogens is 288 g/mol. The molecule has 0 radical (unpaired) electrons. The lowest BCUT2D eigenvalue weighted by Gasteiger charge is -2.33. The Labute approximate surface area is 126 Å². The molecule has 5 nitrogen and oxygen atoms in total. The van der Waals surface area contributed by atoms with E-state index in [1.165, 1.54) is 0 Å². The van der Waals surface area contributed by atoms with Gasteiger partial charge in [0.15, 0.2) is 0 Å². The van der Waals surface area contributed by atoms with Crippen LogP contribution in [0.4, 0.5) is 0 Å². The number of morpholine rings is 1. The summed E-state index contributed by atoms with van der Waals surface area (Å²) < 4.78 is 33.0. The highest BCUT2D eigenvalue weighted by molar-refractivity contribution is 7.88. The van der Waals surface area contributed by atoms with Crippen LogP contribution in [-0.2, 0) is 20.5 Å². The Morgan fingerprint density at radius 2 is 2.05 bits per heavy atom. The third-order valence-electron chi connectivity index (χ3n) is 4.14. The van der Waals surface area contributed by atoms with E-state index in [9.17, 15) is 8.42 Å². The summed E-state index contributed by atoms with van der Waals surface area (Å²) in [5.41, 5.74) is 0.817. The highest BCUT2D eigenvalue weighted by atomic mass is 32.2. The van der Waals surface area contributed by atoms with Gasteiger partial charge in [-0.05, 0) is 18.9 Å². The van der Waals surface area contributed by atoms with Gasteiger partial charge in [0, 0.05) is 25.2 Å². The summed E-state index contributed by atoms with van der Waals surface area (Å²) in [5.74, 6) is 0.0436. The van der Waals surface area contributed by atoms with Crippen LogP contribution < -0.4 is 4.72 Å². The van der Waals surface area contributed by atoms with Crippen molar-refractivity contribution in [3.05, 3.63) is 35.9 Å². The first-order valence-corrected chi connectivity index (χ1v) is 9.06. The van der Waals surface area contributed by atoms with E-state index in [0.29, 0.717) is 12.6 Å². The maximum atomic E-state index is 12.3. The van der Waals surface area contributed by atoms with Crippen LogP contribution in [0.2, 0.25) is 0 Å². The minimum atomic E-state index is -3.29. The van der Waals surface area contributed by atoms with Crippen LogP contribution in [0.25, 0.3) is 0 Å². The summed E-state index contributed by atoms with van der Waals surface area (Å²) in [6, 6.07) is 9.64. The molecule has 0 bridgehead atoms. The number of fused-ring (bicyclic) bond motifs is 1. The summed E-state index contributed by atoms with van der Waals surface area (Å²) in [4.78, 5) is 2.34. The minimum absolute atomic E-state index is 0.00221. The SMILES string of the molecule is C[C@@H]1CN2C[C@H](NS(=O)(=O)Cc3ccccc3)C[C@H]2CO1. The molecule has 1 aromatic carbocycles. The Morgan fingerprint density at radius 1 is 1.29 bits per heavy atom. The van der Waals surface area contributed by atoms with Crippen molar-refractivity contribution in [1.29, 1.82) is 0 Å². The molecule has 2 saturated heterocycles. The number of nitrogens with one attached hydrogen (secondary N) is 1. The van der Waals surface area contributed by atoms with Crippen molar-refractivity contribution in [2.24, 2.45) is 0 Å². The summed E-state index contributed by atoms with van der Waals surface area (Å²) in [7, 11) is -3.29. The zero-order chi connectivity index (χ0) is 14.9. The van der Waals surface area contributed by atoms with Crippen molar-refractivity contribution in [1.82, 2.24) is 9.62 Å². The monoisotopic (exact) mass is 310 g/mol. The highest BCUT2D eigenvalue weighted by Gasteiger charge is 2.37. The van der Waals surface area contributed by atoms with Gasteiger partial charge >= 0.3 is 0 Å². The Bertz CT molecular complexity index is 576. The Hall–Kier alpha value is -0.950. The van der Waals surface area contributed by atoms with E-state index < -0.39 is 10.0 Å². The van der Waals surface area contributed by atoms with Crippen molar-refractivity contribution in [3.8, 4) is 0 Å². The first-order valence-electron chi connectivity index (χ1n) is 7.41. The molecule has 3 atom stereocenters. The van der Waals surface area contributed by atoms with Crippen molar-refractivity contribution in [2.75, 3.05) is 19.7 Å². The topological polar surface area (TPSA) is 58.6 Å². The van der Waals surface area contributed by atoms with Crippen molar-refractivity contribution >= 4 is 10.0 Å². The molecular formula is C15H22N2O3S. The van der Waals surface area contributed by atoms with Crippen LogP contribution in [0.3, 0.4) is 0 Å². The maximum absolute atomic E-state index is 12.3. The van der Waals surface area contributed by atoms with E-state index in [0.717, 1.165) is 25.1 Å². The van der Waals surface area contributed by atoms with Crippen LogP contribution in [-0.4, -0.2) is 51.2 Å². The van der Waals surface area contributed by atoms with E-state index >= 15 is 0 Å². The number of benzene rings is 1. The van der Waals surface area contributed by atoms with Crippen LogP contribution in [0.5, 0.6) is 0 Å². The molecule has 2 aliphatic rings. The van der Waals surface area contributed by atoms with Gasteiger partial charge in [-0.1, -0.05) is 30.3 Å². The standard InChI is InChI=1S/C15H22N2O3S/c1-12-8-17-9-14(7-15(17)10-20-12)16-21(18,19)11-13-5-3-2-4-6-13/h2-6,12,14-16H,7-11H2,1H3/t12-,14-,15+/m1/s1. The lowest BCUT2D eigenvalue weighted by Crippen LogP contribution is -2.45. The van der Waals surface area contributed by atoms with Crippen LogP contribution in [0, 0.1) is 0 Å². The third-order valence-corrected chi connectivity index (χ3v) is 5.54. The number of hydrogen-bond acceptors (Lipinski definition) is 4. The molecule has 1 aromatic rings. The second kappa shape index (κ2) is 6.04. The van der Waals surface area contributed by atoms with Gasteiger partial charge in [-0.3, -0.25) is 4.90 Å². The quantitative estimate of drug-likeness (QED) is 0.900.